The number of para-hydroxylation sites is 2. The number of imidazole rings is 1. The van der Waals surface area contributed by atoms with Gasteiger partial charge < -0.3 is 5.11 Å². The van der Waals surface area contributed by atoms with E-state index in [-0.39, 0.29) is 37.8 Å². The second-order valence-corrected chi connectivity index (χ2v) is 17.4. The predicted molar refractivity (Wildman–Crippen MR) is 266 cm³/mol. The summed E-state index contributed by atoms with van der Waals surface area (Å²) in [7, 11) is 0. The number of aromatic hydroxyl groups is 1. The summed E-state index contributed by atoms with van der Waals surface area (Å²) in [5.74, 6) is 0.435. The van der Waals surface area contributed by atoms with Crippen molar-refractivity contribution in [2.45, 2.75) is 40.0 Å². The van der Waals surface area contributed by atoms with E-state index in [4.69, 9.17) is 14.1 Å². The second-order valence-electron chi connectivity index (χ2n) is 17.4. The number of phenolic OH excluding ortho intramolecular Hbond substituents is 1. The largest absolute Gasteiger partial charge is 0.507 e. The Morgan fingerprint density at radius 3 is 1.95 bits per heavy atom. The number of fused-ring (bicyclic) bond motifs is 1. The normalized spacial score (nSPS) is 12.3. The maximum atomic E-state index is 11.5. The molecule has 0 aliphatic rings. The van der Waals surface area contributed by atoms with Gasteiger partial charge in [-0.25, -0.2) is 4.98 Å². The number of pyridine rings is 1. The van der Waals surface area contributed by atoms with E-state index < -0.39 is 6.85 Å². The quantitative estimate of drug-likeness (QED) is 0.154. The third-order valence-corrected chi connectivity index (χ3v) is 12.0. The minimum absolute atomic E-state index is 0. The first kappa shape index (κ1) is 39.5. The molecule has 2 aromatic heterocycles. The van der Waals surface area contributed by atoms with Crippen LogP contribution in [0.25, 0.3) is 95.0 Å². The molecule has 0 unspecified atom stereocenters. The van der Waals surface area contributed by atoms with Gasteiger partial charge in [-0.05, 0) is 106 Å². The Morgan fingerprint density at radius 2 is 1.22 bits per heavy atom. The summed E-state index contributed by atoms with van der Waals surface area (Å²) in [5, 5.41) is 11.5. The molecule has 10 aromatic rings. The van der Waals surface area contributed by atoms with Crippen LogP contribution in [0.1, 0.15) is 41.6 Å². The topological polar surface area (TPSA) is 50.9 Å². The molecule has 0 saturated heterocycles. The van der Waals surface area contributed by atoms with Crippen molar-refractivity contribution in [3.8, 4) is 89.7 Å². The fourth-order valence-electron chi connectivity index (χ4n) is 8.79. The first-order valence-corrected chi connectivity index (χ1v) is 21.6. The van der Waals surface area contributed by atoms with Crippen molar-refractivity contribution in [2.24, 2.45) is 0 Å². The van der Waals surface area contributed by atoms with Gasteiger partial charge in [0.2, 0.25) is 0 Å². The van der Waals surface area contributed by atoms with E-state index in [2.05, 4.69) is 119 Å². The van der Waals surface area contributed by atoms with E-state index in [1.807, 2.05) is 102 Å². The minimum atomic E-state index is -2.54. The van der Waals surface area contributed by atoms with Crippen molar-refractivity contribution in [1.82, 2.24) is 14.5 Å². The van der Waals surface area contributed by atoms with E-state index in [1.165, 1.54) is 5.56 Å². The number of benzene rings is 8. The first-order chi connectivity index (χ1) is 32.3. The molecule has 0 aliphatic carbocycles. The van der Waals surface area contributed by atoms with Crippen LogP contribution in [0.3, 0.4) is 0 Å². The van der Waals surface area contributed by atoms with Crippen LogP contribution in [0.5, 0.6) is 5.75 Å². The number of hydrogen-bond acceptors (Lipinski definition) is 3. The van der Waals surface area contributed by atoms with Crippen molar-refractivity contribution >= 4 is 11.0 Å². The zero-order chi connectivity index (χ0) is 46.5. The van der Waals surface area contributed by atoms with Gasteiger partial charge >= 0.3 is 0 Å². The van der Waals surface area contributed by atoms with Gasteiger partial charge in [-0.15, -0.1) is 23.8 Å². The maximum absolute atomic E-state index is 11.5. The predicted octanol–water partition coefficient (Wildman–Crippen LogP) is 15.5. The van der Waals surface area contributed by atoms with E-state index in [0.29, 0.717) is 28.1 Å². The SMILES string of the molecule is [2H]C([2H])([2H])c1cc(-c2c(-c3ccccc3)cccc2C(C)(C)C)ccc1-n1c(-c2ccccc2O)nc2c(-c3[c-]c(-c4cc(-c5ccc(C)cc5)ccn4)cc(-c4ccccc4)c3)cccc21.[Pt]. The van der Waals surface area contributed by atoms with Crippen LogP contribution >= 0.6 is 0 Å². The van der Waals surface area contributed by atoms with Crippen LogP contribution in [0.4, 0.5) is 0 Å². The zero-order valence-corrected chi connectivity index (χ0v) is 38.9. The van der Waals surface area contributed by atoms with E-state index >= 15 is 0 Å². The molecule has 0 radical (unpaired) electrons. The fourth-order valence-corrected chi connectivity index (χ4v) is 8.79. The zero-order valence-electron chi connectivity index (χ0n) is 39.6. The number of hydrogen-bond donors (Lipinski definition) is 1. The van der Waals surface area contributed by atoms with Crippen LogP contribution in [-0.2, 0) is 26.5 Å². The van der Waals surface area contributed by atoms with Gasteiger partial charge in [0.1, 0.15) is 11.6 Å². The molecule has 0 saturated carbocycles. The summed E-state index contributed by atoms with van der Waals surface area (Å²) in [6.07, 6.45) is 1.84. The molecule has 8 aromatic carbocycles. The van der Waals surface area contributed by atoms with Gasteiger partial charge in [-0.1, -0.05) is 183 Å². The van der Waals surface area contributed by atoms with Crippen molar-refractivity contribution in [3.05, 3.63) is 217 Å². The molecule has 0 atom stereocenters. The molecule has 65 heavy (non-hydrogen) atoms. The average molecular weight is 1030 g/mol. The Kier molecular flexibility index (Phi) is 10.8. The van der Waals surface area contributed by atoms with E-state index in [1.54, 1.807) is 12.1 Å². The number of aryl methyl sites for hydroxylation is 2. The summed E-state index contributed by atoms with van der Waals surface area (Å²) >= 11 is 0. The Balaban J connectivity index is 0.00000578. The second kappa shape index (κ2) is 17.8. The van der Waals surface area contributed by atoms with Gasteiger partial charge in [0.25, 0.3) is 0 Å². The molecule has 0 amide bonds. The molecule has 10 rings (SSSR count). The standard InChI is InChI=1S/C60H48N3O.Pt/c1-39-26-28-42(29-27-39)44-32-33-61-53(38-44)48-36-46(41-16-8-6-9-17-41)35-47(37-48)50-22-15-24-55-58(50)62-59(51-20-12-13-25-56(51)64)63(55)54-31-30-45(34-40(54)2)57-49(43-18-10-7-11-19-43)21-14-23-52(57)60(3,4)5;/h6-36,38,64H,1-5H3;/q-1;/i2D3;. The van der Waals surface area contributed by atoms with E-state index in [0.717, 1.165) is 72.5 Å². The first-order valence-electron chi connectivity index (χ1n) is 23.1. The molecular weight excluding hydrogens is 974 g/mol. The summed E-state index contributed by atoms with van der Waals surface area (Å²) in [6, 6.07) is 66.1. The minimum Gasteiger partial charge on any atom is -0.507 e. The smallest absolute Gasteiger partial charge is 0.148 e. The molecule has 5 heteroatoms. The van der Waals surface area contributed by atoms with E-state index in [9.17, 15) is 5.11 Å². The summed E-state index contributed by atoms with van der Waals surface area (Å²) in [5.41, 5.74) is 15.6. The molecule has 0 bridgehead atoms. The van der Waals surface area contributed by atoms with Gasteiger partial charge in [0.15, 0.2) is 0 Å². The van der Waals surface area contributed by atoms with Crippen molar-refractivity contribution in [2.75, 3.05) is 0 Å². The average Bonchev–Trinajstić information content (AvgIpc) is 3.73. The molecule has 1 N–H and O–H groups in total. The van der Waals surface area contributed by atoms with Crippen LogP contribution < -0.4 is 0 Å². The molecule has 4 nitrogen and oxygen atoms in total. The van der Waals surface area contributed by atoms with Crippen LogP contribution in [0.15, 0.2) is 194 Å². The number of aromatic nitrogens is 3. The summed E-state index contributed by atoms with van der Waals surface area (Å²) in [6.45, 7) is 6.10. The van der Waals surface area contributed by atoms with Gasteiger partial charge in [-0.2, -0.15) is 0 Å². The number of phenols is 1. The van der Waals surface area contributed by atoms with Gasteiger partial charge in [0.05, 0.1) is 22.3 Å². The molecule has 320 valence electrons. The van der Waals surface area contributed by atoms with Gasteiger partial charge in [0, 0.05) is 37.1 Å². The Morgan fingerprint density at radius 1 is 0.569 bits per heavy atom. The molecule has 0 aliphatic heterocycles. The van der Waals surface area contributed by atoms with Crippen LogP contribution in [-0.4, -0.2) is 19.6 Å². The van der Waals surface area contributed by atoms with Crippen LogP contribution in [0, 0.1) is 19.8 Å². The Labute approximate surface area is 400 Å². The van der Waals surface area contributed by atoms with Crippen LogP contribution in [0.2, 0.25) is 0 Å². The van der Waals surface area contributed by atoms with Crippen molar-refractivity contribution < 1.29 is 30.3 Å². The maximum Gasteiger partial charge on any atom is 0.148 e. The van der Waals surface area contributed by atoms with Crippen molar-refractivity contribution in [1.29, 1.82) is 0 Å². The summed E-state index contributed by atoms with van der Waals surface area (Å²) in [4.78, 5) is 10.2. The molecule has 2 heterocycles. The number of nitrogens with zero attached hydrogens (tertiary/aromatic N) is 3. The molecule has 0 spiro atoms. The Bertz CT molecular complexity index is 3450. The van der Waals surface area contributed by atoms with Crippen molar-refractivity contribution in [3.63, 3.8) is 0 Å². The summed E-state index contributed by atoms with van der Waals surface area (Å²) < 4.78 is 29.2. The third kappa shape index (κ3) is 8.39. The fraction of sp³-hybridized carbons (Fsp3) is 0.100. The molecule has 0 fully saturated rings. The molecular formula is C60H48N3OPt-. The van der Waals surface area contributed by atoms with Gasteiger partial charge in [-0.3, -0.25) is 9.55 Å². The Hall–Kier alpha value is -7.13. The number of rotatable bonds is 8. The monoisotopic (exact) mass is 1020 g/mol. The third-order valence-electron chi connectivity index (χ3n) is 12.0.